The van der Waals surface area contributed by atoms with E-state index in [4.69, 9.17) is 20.1 Å². The number of carbonyl (C=O) groups is 2. The van der Waals surface area contributed by atoms with Crippen LogP contribution in [0.3, 0.4) is 0 Å². The maximum absolute atomic E-state index is 10.7. The van der Waals surface area contributed by atoms with Crippen molar-refractivity contribution in [1.29, 1.82) is 0 Å². The molecule has 3 N–H and O–H groups in total. The Morgan fingerprint density at radius 1 is 1.00 bits per heavy atom. The first-order chi connectivity index (χ1) is 11.0. The van der Waals surface area contributed by atoms with Crippen molar-refractivity contribution in [3.05, 3.63) is 28.8 Å². The molecule has 130 valence electrons. The largest absolute Gasteiger partial charge is 0.496 e. The second-order valence-electron chi connectivity index (χ2n) is 5.17. The lowest BCUT2D eigenvalue weighted by molar-refractivity contribution is 0.00304. The van der Waals surface area contributed by atoms with Crippen molar-refractivity contribution in [2.75, 3.05) is 26.9 Å². The van der Waals surface area contributed by atoms with E-state index in [0.29, 0.717) is 29.7 Å². The number of aldehydes is 2. The second kappa shape index (κ2) is 10.9. The predicted molar refractivity (Wildman–Crippen MR) is 87.1 cm³/mol. The van der Waals surface area contributed by atoms with Gasteiger partial charge in [0.15, 0.2) is 6.29 Å². The molecule has 0 heterocycles. The Hall–Kier alpha value is -1.76. The van der Waals surface area contributed by atoms with Gasteiger partial charge in [-0.05, 0) is 18.9 Å². The molecule has 1 rings (SSSR count). The minimum Gasteiger partial charge on any atom is -0.496 e. The average Bonchev–Trinajstić information content (AvgIpc) is 2.63. The molecule has 0 bridgehead atoms. The maximum atomic E-state index is 10.7. The maximum Gasteiger partial charge on any atom is 0.153 e. The number of benzene rings is 1. The number of rotatable bonds is 8. The number of carbonyl (C=O) groups excluding carboxylic acids is 2. The van der Waals surface area contributed by atoms with Crippen LogP contribution in [0.2, 0.25) is 0 Å². The van der Waals surface area contributed by atoms with E-state index in [1.54, 1.807) is 12.1 Å². The standard InChI is InChI=1S/C11H12O3.C6H14O3/c1-3-10-8(6-12)4-5-9(7-13)11(10)14-2;1-2-6(3-7,4-8)5-9/h4-7H,3H2,1-2H3;7-9H,2-5H2,1H3. The highest BCUT2D eigenvalue weighted by atomic mass is 16.5. The predicted octanol–water partition coefficient (Wildman–Crippen LogP) is 1.24. The lowest BCUT2D eigenvalue weighted by Crippen LogP contribution is -2.32. The smallest absolute Gasteiger partial charge is 0.153 e. The summed E-state index contributed by atoms with van der Waals surface area (Å²) in [6.45, 7) is 3.27. The van der Waals surface area contributed by atoms with Gasteiger partial charge >= 0.3 is 0 Å². The highest BCUT2D eigenvalue weighted by molar-refractivity contribution is 5.86. The van der Waals surface area contributed by atoms with Gasteiger partial charge in [-0.3, -0.25) is 9.59 Å². The molecule has 0 amide bonds. The molecule has 0 atom stereocenters. The lowest BCUT2D eigenvalue weighted by Gasteiger charge is -2.24. The fourth-order valence-electron chi connectivity index (χ4n) is 1.96. The summed E-state index contributed by atoms with van der Waals surface area (Å²) < 4.78 is 5.11. The van der Waals surface area contributed by atoms with E-state index in [-0.39, 0.29) is 19.8 Å². The van der Waals surface area contributed by atoms with Gasteiger partial charge < -0.3 is 20.1 Å². The molecule has 23 heavy (non-hydrogen) atoms. The summed E-state index contributed by atoms with van der Waals surface area (Å²) in [6, 6.07) is 3.23. The third-order valence-corrected chi connectivity index (χ3v) is 3.90. The zero-order valence-electron chi connectivity index (χ0n) is 13.9. The molecular weight excluding hydrogens is 300 g/mol. The molecule has 0 spiro atoms. The van der Waals surface area contributed by atoms with Gasteiger partial charge in [0, 0.05) is 16.5 Å². The molecule has 0 aliphatic carbocycles. The van der Waals surface area contributed by atoms with Gasteiger partial charge in [0.05, 0.1) is 32.5 Å². The van der Waals surface area contributed by atoms with Crippen LogP contribution in [0.15, 0.2) is 12.1 Å². The summed E-state index contributed by atoms with van der Waals surface area (Å²) in [5.74, 6) is 0.507. The fraction of sp³-hybridized carbons (Fsp3) is 0.529. The minimum atomic E-state index is -0.667. The minimum absolute atomic E-state index is 0.156. The summed E-state index contributed by atoms with van der Waals surface area (Å²) in [5, 5.41) is 26.0. The lowest BCUT2D eigenvalue weighted by atomic mass is 9.88. The van der Waals surface area contributed by atoms with E-state index in [9.17, 15) is 9.59 Å². The first-order valence-corrected chi connectivity index (χ1v) is 7.45. The van der Waals surface area contributed by atoms with Crippen molar-refractivity contribution in [3.63, 3.8) is 0 Å². The highest BCUT2D eigenvalue weighted by Gasteiger charge is 2.24. The third kappa shape index (κ3) is 5.42. The van der Waals surface area contributed by atoms with Crippen LogP contribution in [-0.4, -0.2) is 54.8 Å². The Balaban J connectivity index is 0.000000468. The Bertz CT molecular complexity index is 442. The van der Waals surface area contributed by atoms with Gasteiger partial charge in [0.25, 0.3) is 0 Å². The van der Waals surface area contributed by atoms with E-state index >= 15 is 0 Å². The Morgan fingerprint density at radius 2 is 1.48 bits per heavy atom. The Kier molecular flexibility index (Phi) is 10.0. The monoisotopic (exact) mass is 326 g/mol. The molecule has 1 aromatic carbocycles. The molecule has 0 aliphatic rings. The molecule has 6 nitrogen and oxygen atoms in total. The number of aliphatic hydroxyl groups is 3. The Morgan fingerprint density at radius 3 is 1.74 bits per heavy atom. The van der Waals surface area contributed by atoms with Crippen LogP contribution < -0.4 is 4.74 Å². The summed E-state index contributed by atoms with van der Waals surface area (Å²) in [7, 11) is 1.50. The summed E-state index contributed by atoms with van der Waals surface area (Å²) in [5.41, 5.74) is 1.18. The van der Waals surface area contributed by atoms with Crippen molar-refractivity contribution >= 4 is 12.6 Å². The van der Waals surface area contributed by atoms with E-state index in [0.717, 1.165) is 18.1 Å². The third-order valence-electron chi connectivity index (χ3n) is 3.90. The van der Waals surface area contributed by atoms with Crippen LogP contribution in [0.4, 0.5) is 0 Å². The normalized spacial score (nSPS) is 10.5. The SMILES string of the molecule is CCC(CO)(CO)CO.CCc1c(C=O)ccc(C=O)c1OC. The molecule has 0 saturated carbocycles. The van der Waals surface area contributed by atoms with Gasteiger partial charge in [-0.2, -0.15) is 0 Å². The molecule has 0 aromatic heterocycles. The molecule has 0 fully saturated rings. The second-order valence-corrected chi connectivity index (χ2v) is 5.17. The Labute approximate surface area is 136 Å². The van der Waals surface area contributed by atoms with Gasteiger partial charge in [-0.15, -0.1) is 0 Å². The van der Waals surface area contributed by atoms with E-state index in [1.165, 1.54) is 7.11 Å². The van der Waals surface area contributed by atoms with Crippen LogP contribution in [0, 0.1) is 5.41 Å². The van der Waals surface area contributed by atoms with Crippen LogP contribution >= 0.6 is 0 Å². The topological polar surface area (TPSA) is 104 Å². The zero-order chi connectivity index (χ0) is 17.9. The van der Waals surface area contributed by atoms with Crippen LogP contribution in [0.25, 0.3) is 0 Å². The molecular formula is C17H26O6. The van der Waals surface area contributed by atoms with E-state index in [2.05, 4.69) is 0 Å². The average molecular weight is 326 g/mol. The van der Waals surface area contributed by atoms with E-state index < -0.39 is 5.41 Å². The molecule has 0 unspecified atom stereocenters. The van der Waals surface area contributed by atoms with Gasteiger partial charge in [0.2, 0.25) is 0 Å². The number of ether oxygens (including phenoxy) is 1. The highest BCUT2D eigenvalue weighted by Crippen LogP contribution is 2.25. The summed E-state index contributed by atoms with van der Waals surface area (Å²) in [6.07, 6.45) is 2.76. The van der Waals surface area contributed by atoms with Crippen LogP contribution in [-0.2, 0) is 6.42 Å². The van der Waals surface area contributed by atoms with Gasteiger partial charge in [-0.1, -0.05) is 19.9 Å². The zero-order valence-corrected chi connectivity index (χ0v) is 13.9. The molecule has 1 aromatic rings. The van der Waals surface area contributed by atoms with Gasteiger partial charge in [0.1, 0.15) is 12.0 Å². The molecule has 0 radical (unpaired) electrons. The quantitative estimate of drug-likeness (QED) is 0.621. The van der Waals surface area contributed by atoms with Crippen molar-refractivity contribution in [2.24, 2.45) is 5.41 Å². The number of hydrogen-bond donors (Lipinski definition) is 3. The molecule has 0 aliphatic heterocycles. The van der Waals surface area contributed by atoms with Crippen molar-refractivity contribution in [2.45, 2.75) is 26.7 Å². The first-order valence-electron chi connectivity index (χ1n) is 7.45. The van der Waals surface area contributed by atoms with Crippen molar-refractivity contribution in [3.8, 4) is 5.75 Å². The fourth-order valence-corrected chi connectivity index (χ4v) is 1.96. The molecule has 0 saturated heterocycles. The van der Waals surface area contributed by atoms with E-state index in [1.807, 2.05) is 13.8 Å². The van der Waals surface area contributed by atoms with Crippen LogP contribution in [0.1, 0.15) is 46.5 Å². The van der Waals surface area contributed by atoms with Crippen molar-refractivity contribution in [1.82, 2.24) is 0 Å². The van der Waals surface area contributed by atoms with Gasteiger partial charge in [-0.25, -0.2) is 0 Å². The first kappa shape index (κ1) is 21.2. The van der Waals surface area contributed by atoms with Crippen molar-refractivity contribution < 1.29 is 29.6 Å². The van der Waals surface area contributed by atoms with Crippen LogP contribution in [0.5, 0.6) is 5.75 Å². The number of methoxy groups -OCH3 is 1. The summed E-state index contributed by atoms with van der Waals surface area (Å²) in [4.78, 5) is 21.4. The number of aliphatic hydroxyl groups excluding tert-OH is 3. The molecule has 6 heteroatoms. The number of hydrogen-bond acceptors (Lipinski definition) is 6. The summed E-state index contributed by atoms with van der Waals surface area (Å²) >= 11 is 0.